The highest BCUT2D eigenvalue weighted by molar-refractivity contribution is 5.36. The number of benzene rings is 1. The van der Waals surface area contributed by atoms with E-state index in [0.29, 0.717) is 17.7 Å². The maximum absolute atomic E-state index is 10.0. The summed E-state index contributed by atoms with van der Waals surface area (Å²) in [7, 11) is 0. The molecule has 20 heavy (non-hydrogen) atoms. The van der Waals surface area contributed by atoms with Gasteiger partial charge in [0, 0.05) is 12.1 Å². The van der Waals surface area contributed by atoms with E-state index in [0.717, 1.165) is 13.0 Å². The molecule has 0 aromatic heterocycles. The van der Waals surface area contributed by atoms with Gasteiger partial charge in [0.2, 0.25) is 0 Å². The molecule has 1 atom stereocenters. The van der Waals surface area contributed by atoms with Crippen molar-refractivity contribution in [3.05, 3.63) is 29.3 Å². The second kappa shape index (κ2) is 9.75. The van der Waals surface area contributed by atoms with Crippen LogP contribution in [0, 0.1) is 0 Å². The maximum atomic E-state index is 10.0. The van der Waals surface area contributed by atoms with Crippen molar-refractivity contribution in [1.82, 2.24) is 5.32 Å². The molecule has 0 heterocycles. The van der Waals surface area contributed by atoms with E-state index >= 15 is 0 Å². The average Bonchev–Trinajstić information content (AvgIpc) is 2.46. The van der Waals surface area contributed by atoms with Crippen LogP contribution in [0.1, 0.15) is 56.3 Å². The Morgan fingerprint density at radius 1 is 1.15 bits per heavy atom. The van der Waals surface area contributed by atoms with Gasteiger partial charge in [-0.2, -0.15) is 0 Å². The van der Waals surface area contributed by atoms with E-state index in [4.69, 9.17) is 5.11 Å². The third-order valence-electron chi connectivity index (χ3n) is 3.45. The highest BCUT2D eigenvalue weighted by atomic mass is 16.3. The number of aliphatic hydroxyl groups excluding tert-OH is 2. The molecule has 1 aromatic carbocycles. The predicted molar refractivity (Wildman–Crippen MR) is 80.6 cm³/mol. The zero-order valence-electron chi connectivity index (χ0n) is 12.3. The lowest BCUT2D eigenvalue weighted by Gasteiger charge is -2.13. The Morgan fingerprint density at radius 2 is 1.90 bits per heavy atom. The highest BCUT2D eigenvalue weighted by Crippen LogP contribution is 2.22. The van der Waals surface area contributed by atoms with Crippen LogP contribution in [-0.2, 0) is 6.61 Å². The average molecular weight is 281 g/mol. The number of aromatic hydroxyl groups is 1. The number of aliphatic hydroxyl groups is 2. The first kappa shape index (κ1) is 17.0. The van der Waals surface area contributed by atoms with Crippen molar-refractivity contribution in [3.8, 4) is 5.75 Å². The minimum Gasteiger partial charge on any atom is -0.508 e. The van der Waals surface area contributed by atoms with E-state index < -0.39 is 6.10 Å². The van der Waals surface area contributed by atoms with Crippen LogP contribution < -0.4 is 5.32 Å². The van der Waals surface area contributed by atoms with Gasteiger partial charge in [0.25, 0.3) is 0 Å². The molecule has 0 saturated carbocycles. The molecule has 0 aliphatic rings. The van der Waals surface area contributed by atoms with Crippen LogP contribution in [-0.4, -0.2) is 28.4 Å². The number of hydrogen-bond donors (Lipinski definition) is 4. The van der Waals surface area contributed by atoms with Gasteiger partial charge < -0.3 is 20.6 Å². The zero-order chi connectivity index (χ0) is 14.8. The Balaban J connectivity index is 2.27. The number of unbranched alkanes of at least 4 members (excludes halogenated alkanes) is 4. The second-order valence-corrected chi connectivity index (χ2v) is 5.18. The summed E-state index contributed by atoms with van der Waals surface area (Å²) in [6, 6.07) is 4.83. The van der Waals surface area contributed by atoms with E-state index in [1.807, 2.05) is 0 Å². The first-order valence-electron chi connectivity index (χ1n) is 7.50. The van der Waals surface area contributed by atoms with Crippen LogP contribution in [0.3, 0.4) is 0 Å². The summed E-state index contributed by atoms with van der Waals surface area (Å²) in [6.45, 7) is 3.37. The molecule has 0 radical (unpaired) electrons. The predicted octanol–water partition coefficient (Wildman–Crippen LogP) is 2.48. The first-order valence-corrected chi connectivity index (χ1v) is 7.50. The molecule has 0 spiro atoms. The van der Waals surface area contributed by atoms with Crippen LogP contribution in [0.4, 0.5) is 0 Å². The highest BCUT2D eigenvalue weighted by Gasteiger charge is 2.09. The Labute approximate surface area is 121 Å². The molecular formula is C16H27NO3. The molecule has 0 saturated heterocycles. The van der Waals surface area contributed by atoms with E-state index in [-0.39, 0.29) is 12.4 Å². The molecule has 1 aromatic rings. The van der Waals surface area contributed by atoms with Gasteiger partial charge in [0.15, 0.2) is 0 Å². The van der Waals surface area contributed by atoms with Crippen molar-refractivity contribution in [3.63, 3.8) is 0 Å². The van der Waals surface area contributed by atoms with Gasteiger partial charge in [-0.25, -0.2) is 0 Å². The first-order chi connectivity index (χ1) is 9.69. The number of rotatable bonds is 10. The topological polar surface area (TPSA) is 72.7 Å². The van der Waals surface area contributed by atoms with E-state index in [9.17, 15) is 10.2 Å². The summed E-state index contributed by atoms with van der Waals surface area (Å²) in [5, 5.41) is 31.8. The fourth-order valence-corrected chi connectivity index (χ4v) is 2.15. The van der Waals surface area contributed by atoms with Crippen LogP contribution in [0.2, 0.25) is 0 Å². The lowest BCUT2D eigenvalue weighted by atomic mass is 10.1. The summed E-state index contributed by atoms with van der Waals surface area (Å²) in [4.78, 5) is 0. The summed E-state index contributed by atoms with van der Waals surface area (Å²) >= 11 is 0. The molecule has 114 valence electrons. The van der Waals surface area contributed by atoms with Gasteiger partial charge in [-0.05, 0) is 30.7 Å². The van der Waals surface area contributed by atoms with Gasteiger partial charge >= 0.3 is 0 Å². The molecule has 4 heteroatoms. The Hall–Kier alpha value is -1.10. The fraction of sp³-hybridized carbons (Fsp3) is 0.625. The molecule has 0 aliphatic carbocycles. The fourth-order valence-electron chi connectivity index (χ4n) is 2.15. The minimum atomic E-state index is -0.614. The summed E-state index contributed by atoms with van der Waals surface area (Å²) in [5.41, 5.74) is 1.16. The lowest BCUT2D eigenvalue weighted by Crippen LogP contribution is -2.22. The third-order valence-corrected chi connectivity index (χ3v) is 3.45. The standard InChI is InChI=1S/C16H27NO3/c1-2-3-4-5-6-9-17-11-16(20)13-7-8-15(19)14(10-13)12-18/h7-8,10,16-20H,2-6,9,11-12H2,1H3. The zero-order valence-corrected chi connectivity index (χ0v) is 12.3. The van der Waals surface area contributed by atoms with Crippen LogP contribution in [0.25, 0.3) is 0 Å². The quantitative estimate of drug-likeness (QED) is 0.497. The normalized spacial score (nSPS) is 12.6. The third kappa shape index (κ3) is 5.90. The van der Waals surface area contributed by atoms with Gasteiger partial charge in [0.05, 0.1) is 12.7 Å². The van der Waals surface area contributed by atoms with Gasteiger partial charge in [-0.1, -0.05) is 38.7 Å². The van der Waals surface area contributed by atoms with Crippen LogP contribution >= 0.6 is 0 Å². The molecule has 0 fully saturated rings. The molecule has 1 rings (SSSR count). The van der Waals surface area contributed by atoms with E-state index in [2.05, 4.69) is 12.2 Å². The van der Waals surface area contributed by atoms with Crippen LogP contribution in [0.15, 0.2) is 18.2 Å². The van der Waals surface area contributed by atoms with Crippen molar-refractivity contribution < 1.29 is 15.3 Å². The monoisotopic (exact) mass is 281 g/mol. The van der Waals surface area contributed by atoms with E-state index in [1.165, 1.54) is 31.7 Å². The Morgan fingerprint density at radius 3 is 2.60 bits per heavy atom. The number of phenols is 1. The van der Waals surface area contributed by atoms with Gasteiger partial charge in [-0.3, -0.25) is 0 Å². The number of nitrogens with one attached hydrogen (secondary N) is 1. The van der Waals surface area contributed by atoms with Crippen molar-refractivity contribution in [2.75, 3.05) is 13.1 Å². The van der Waals surface area contributed by atoms with Gasteiger partial charge in [0.1, 0.15) is 5.75 Å². The van der Waals surface area contributed by atoms with Crippen molar-refractivity contribution >= 4 is 0 Å². The van der Waals surface area contributed by atoms with Crippen molar-refractivity contribution in [2.24, 2.45) is 0 Å². The lowest BCUT2D eigenvalue weighted by molar-refractivity contribution is 0.174. The van der Waals surface area contributed by atoms with Gasteiger partial charge in [-0.15, -0.1) is 0 Å². The molecule has 0 bridgehead atoms. The SMILES string of the molecule is CCCCCCCNCC(O)c1ccc(O)c(CO)c1. The van der Waals surface area contributed by atoms with Crippen molar-refractivity contribution in [1.29, 1.82) is 0 Å². The summed E-state index contributed by atoms with van der Waals surface area (Å²) < 4.78 is 0. The molecule has 4 nitrogen and oxygen atoms in total. The molecule has 1 unspecified atom stereocenters. The Bertz CT molecular complexity index is 382. The molecule has 4 N–H and O–H groups in total. The largest absolute Gasteiger partial charge is 0.508 e. The molecular weight excluding hydrogens is 254 g/mol. The smallest absolute Gasteiger partial charge is 0.121 e. The maximum Gasteiger partial charge on any atom is 0.121 e. The van der Waals surface area contributed by atoms with Crippen molar-refractivity contribution in [2.45, 2.75) is 51.7 Å². The molecule has 0 amide bonds. The van der Waals surface area contributed by atoms with Crippen LogP contribution in [0.5, 0.6) is 5.75 Å². The summed E-state index contributed by atoms with van der Waals surface area (Å²) in [5.74, 6) is 0.0623. The Kier molecular flexibility index (Phi) is 8.26. The second-order valence-electron chi connectivity index (χ2n) is 5.18. The molecule has 0 aliphatic heterocycles. The van der Waals surface area contributed by atoms with E-state index in [1.54, 1.807) is 12.1 Å². The number of hydrogen-bond acceptors (Lipinski definition) is 4. The minimum absolute atomic E-state index is 0.0623. The summed E-state index contributed by atoms with van der Waals surface area (Å²) in [6.07, 6.45) is 5.56.